The lowest BCUT2D eigenvalue weighted by Crippen LogP contribution is -2.28. The number of hydrogen-bond donors (Lipinski definition) is 0. The SMILES string of the molecule is COC(=O)COc1c(I)cc(/C=C2/SC(=S)N(c3ccccc3F)C2=O)cc1OC. The number of thiocarbonyl (C=S) groups is 1. The Labute approximate surface area is 195 Å². The van der Waals surface area contributed by atoms with Gasteiger partial charge in [0.1, 0.15) is 5.82 Å². The summed E-state index contributed by atoms with van der Waals surface area (Å²) in [4.78, 5) is 25.7. The Bertz CT molecular complexity index is 1060. The van der Waals surface area contributed by atoms with Crippen molar-refractivity contribution >= 4 is 74.5 Å². The highest BCUT2D eigenvalue weighted by atomic mass is 127. The molecule has 10 heteroatoms. The third-order valence-corrected chi connectivity index (χ3v) is 6.10. The van der Waals surface area contributed by atoms with Crippen LogP contribution in [0.3, 0.4) is 0 Å². The number of halogens is 2. The van der Waals surface area contributed by atoms with E-state index in [-0.39, 0.29) is 16.6 Å². The molecule has 0 aliphatic carbocycles. The van der Waals surface area contributed by atoms with Crippen molar-refractivity contribution in [3.05, 3.63) is 56.3 Å². The van der Waals surface area contributed by atoms with Crippen molar-refractivity contribution in [1.29, 1.82) is 0 Å². The summed E-state index contributed by atoms with van der Waals surface area (Å²) in [7, 11) is 2.74. The van der Waals surface area contributed by atoms with Crippen molar-refractivity contribution in [2.75, 3.05) is 25.7 Å². The summed E-state index contributed by atoms with van der Waals surface area (Å²) in [6.07, 6.45) is 1.65. The van der Waals surface area contributed by atoms with Gasteiger partial charge in [-0.25, -0.2) is 9.18 Å². The van der Waals surface area contributed by atoms with E-state index in [9.17, 15) is 14.0 Å². The first-order chi connectivity index (χ1) is 14.3. The van der Waals surface area contributed by atoms with Gasteiger partial charge in [0.15, 0.2) is 22.4 Å². The molecule has 0 aromatic heterocycles. The second-order valence-electron chi connectivity index (χ2n) is 5.87. The van der Waals surface area contributed by atoms with Crippen LogP contribution in [0.25, 0.3) is 6.08 Å². The summed E-state index contributed by atoms with van der Waals surface area (Å²) in [5, 5.41) is 0. The molecule has 0 saturated carbocycles. The van der Waals surface area contributed by atoms with E-state index in [0.717, 1.165) is 11.8 Å². The maximum absolute atomic E-state index is 14.1. The lowest BCUT2D eigenvalue weighted by molar-refractivity contribution is -0.142. The van der Waals surface area contributed by atoms with Gasteiger partial charge in [0, 0.05) is 0 Å². The van der Waals surface area contributed by atoms with Gasteiger partial charge in [-0.05, 0) is 58.5 Å². The van der Waals surface area contributed by atoms with Crippen LogP contribution in [0.15, 0.2) is 41.3 Å². The Kier molecular flexibility index (Phi) is 7.32. The van der Waals surface area contributed by atoms with E-state index in [1.807, 2.05) is 22.6 Å². The predicted octanol–water partition coefficient (Wildman–Crippen LogP) is 4.40. The van der Waals surface area contributed by atoms with Crippen molar-refractivity contribution in [3.8, 4) is 11.5 Å². The molecule has 0 N–H and O–H groups in total. The maximum atomic E-state index is 14.1. The van der Waals surface area contributed by atoms with E-state index in [4.69, 9.17) is 21.7 Å². The van der Waals surface area contributed by atoms with Crippen LogP contribution in [0.1, 0.15) is 5.56 Å². The van der Waals surface area contributed by atoms with Gasteiger partial charge in [-0.2, -0.15) is 0 Å². The molecular weight excluding hydrogens is 544 g/mol. The largest absolute Gasteiger partial charge is 0.493 e. The highest BCUT2D eigenvalue weighted by molar-refractivity contribution is 14.1. The highest BCUT2D eigenvalue weighted by Crippen LogP contribution is 2.39. The molecule has 1 heterocycles. The minimum absolute atomic E-state index is 0.113. The molecule has 0 atom stereocenters. The first-order valence-corrected chi connectivity index (χ1v) is 10.8. The monoisotopic (exact) mass is 559 g/mol. The molecule has 1 aliphatic heterocycles. The van der Waals surface area contributed by atoms with Crippen molar-refractivity contribution in [1.82, 2.24) is 0 Å². The van der Waals surface area contributed by atoms with Gasteiger partial charge in [0.25, 0.3) is 5.91 Å². The number of para-hydroxylation sites is 1. The number of anilines is 1. The Morgan fingerprint density at radius 3 is 2.70 bits per heavy atom. The quantitative estimate of drug-likeness (QED) is 0.225. The number of thioether (sulfide) groups is 1. The summed E-state index contributed by atoms with van der Waals surface area (Å²) in [6, 6.07) is 9.40. The molecule has 0 spiro atoms. The van der Waals surface area contributed by atoms with Crippen molar-refractivity contribution in [2.45, 2.75) is 0 Å². The molecule has 1 amide bonds. The number of methoxy groups -OCH3 is 2. The van der Waals surface area contributed by atoms with Crippen LogP contribution in [0.5, 0.6) is 11.5 Å². The Balaban J connectivity index is 1.90. The second kappa shape index (κ2) is 9.75. The zero-order chi connectivity index (χ0) is 21.8. The first kappa shape index (κ1) is 22.5. The van der Waals surface area contributed by atoms with Gasteiger partial charge >= 0.3 is 5.97 Å². The molecule has 2 aromatic rings. The highest BCUT2D eigenvalue weighted by Gasteiger charge is 2.34. The molecule has 2 aromatic carbocycles. The third kappa shape index (κ3) is 4.76. The first-order valence-electron chi connectivity index (χ1n) is 8.45. The van der Waals surface area contributed by atoms with Crippen molar-refractivity contribution < 1.29 is 28.2 Å². The summed E-state index contributed by atoms with van der Waals surface area (Å²) in [5.41, 5.74) is 0.776. The van der Waals surface area contributed by atoms with Crippen molar-refractivity contribution in [3.63, 3.8) is 0 Å². The summed E-state index contributed by atoms with van der Waals surface area (Å²) >= 11 is 8.42. The Morgan fingerprint density at radius 2 is 2.03 bits per heavy atom. The second-order valence-corrected chi connectivity index (χ2v) is 8.71. The molecule has 30 heavy (non-hydrogen) atoms. The fourth-order valence-corrected chi connectivity index (χ4v) is 4.68. The van der Waals surface area contributed by atoms with Gasteiger partial charge in [0.2, 0.25) is 0 Å². The standard InChI is InChI=1S/C20H15FINO5S2/c1-26-15-8-11(7-13(22)18(15)28-10-17(24)27-2)9-16-19(25)23(20(29)30-16)14-6-4-3-5-12(14)21/h3-9H,10H2,1-2H3/b16-9+. The van der Waals surface area contributed by atoms with Gasteiger partial charge in [-0.3, -0.25) is 9.69 Å². The summed E-state index contributed by atoms with van der Waals surface area (Å²) in [5.74, 6) is -0.677. The maximum Gasteiger partial charge on any atom is 0.343 e. The number of benzene rings is 2. The number of carbonyl (C=O) groups is 2. The van der Waals surface area contributed by atoms with Crippen LogP contribution < -0.4 is 14.4 Å². The zero-order valence-corrected chi connectivity index (χ0v) is 19.6. The number of rotatable bonds is 6. The average Bonchev–Trinajstić information content (AvgIpc) is 3.00. The van der Waals surface area contributed by atoms with Crippen LogP contribution in [0.4, 0.5) is 10.1 Å². The summed E-state index contributed by atoms with van der Waals surface area (Å²) in [6.45, 7) is -0.260. The fourth-order valence-electron chi connectivity index (χ4n) is 2.61. The molecule has 6 nitrogen and oxygen atoms in total. The molecule has 1 fully saturated rings. The topological polar surface area (TPSA) is 65.1 Å². The van der Waals surface area contributed by atoms with E-state index in [0.29, 0.717) is 25.5 Å². The molecule has 1 aliphatic rings. The van der Waals surface area contributed by atoms with E-state index in [1.54, 1.807) is 30.3 Å². The number of esters is 1. The number of hydrogen-bond acceptors (Lipinski definition) is 7. The molecule has 1 saturated heterocycles. The number of nitrogens with zero attached hydrogens (tertiary/aromatic N) is 1. The molecule has 0 bridgehead atoms. The lowest BCUT2D eigenvalue weighted by atomic mass is 10.1. The fraction of sp³-hybridized carbons (Fsp3) is 0.150. The molecule has 0 radical (unpaired) electrons. The van der Waals surface area contributed by atoms with E-state index >= 15 is 0 Å². The van der Waals surface area contributed by atoms with Crippen LogP contribution in [0, 0.1) is 9.39 Å². The molecule has 3 rings (SSSR count). The summed E-state index contributed by atoms with van der Waals surface area (Å²) < 4.78 is 30.5. The van der Waals surface area contributed by atoms with Crippen LogP contribution in [-0.2, 0) is 14.3 Å². The van der Waals surface area contributed by atoms with E-state index < -0.39 is 17.7 Å². The lowest BCUT2D eigenvalue weighted by Gasteiger charge is -2.15. The van der Waals surface area contributed by atoms with Gasteiger partial charge in [-0.1, -0.05) is 36.1 Å². The molecular formula is C20H15FINO5S2. The normalized spacial score (nSPS) is 14.9. The number of carbonyl (C=O) groups excluding carboxylic acids is 2. The smallest absolute Gasteiger partial charge is 0.343 e. The van der Waals surface area contributed by atoms with Gasteiger partial charge in [-0.15, -0.1) is 0 Å². The minimum Gasteiger partial charge on any atom is -0.493 e. The molecule has 156 valence electrons. The molecule has 0 unspecified atom stereocenters. The van der Waals surface area contributed by atoms with Gasteiger partial charge in [0.05, 0.1) is 28.4 Å². The van der Waals surface area contributed by atoms with Gasteiger partial charge < -0.3 is 14.2 Å². The predicted molar refractivity (Wildman–Crippen MR) is 125 cm³/mol. The zero-order valence-electron chi connectivity index (χ0n) is 15.8. The van der Waals surface area contributed by atoms with Crippen LogP contribution in [0.2, 0.25) is 0 Å². The minimum atomic E-state index is -0.529. The van der Waals surface area contributed by atoms with Crippen molar-refractivity contribution in [2.24, 2.45) is 0 Å². The number of amides is 1. The number of ether oxygens (including phenoxy) is 3. The van der Waals surface area contributed by atoms with Crippen LogP contribution >= 0.6 is 46.6 Å². The average molecular weight is 559 g/mol. The van der Waals surface area contributed by atoms with E-state index in [2.05, 4.69) is 4.74 Å². The Hall–Kier alpha value is -2.18. The van der Waals surface area contributed by atoms with E-state index in [1.165, 1.54) is 31.3 Å². The third-order valence-electron chi connectivity index (χ3n) is 4.00. The Morgan fingerprint density at radius 1 is 1.30 bits per heavy atom. The van der Waals surface area contributed by atoms with Crippen LogP contribution in [-0.4, -0.2) is 37.0 Å².